The van der Waals surface area contributed by atoms with Crippen LogP contribution >= 0.6 is 0 Å². The largest absolute Gasteiger partial charge is 0.465 e. The molecule has 0 bridgehead atoms. The van der Waals surface area contributed by atoms with Gasteiger partial charge in [-0.25, -0.2) is 0 Å². The second kappa shape index (κ2) is 7.47. The average Bonchev–Trinajstić information content (AvgIpc) is 2.64. The van der Waals surface area contributed by atoms with E-state index in [-0.39, 0.29) is 0 Å². The zero-order chi connectivity index (χ0) is 11.8. The third-order valence-corrected chi connectivity index (χ3v) is 2.81. The molecule has 0 aliphatic heterocycles. The molecule has 92 valence electrons. The highest BCUT2D eigenvalue weighted by Crippen LogP contribution is 2.09. The molecular formula is C13H24N2O. The molecule has 0 amide bonds. The molecule has 0 aliphatic rings. The first kappa shape index (κ1) is 13.3. The van der Waals surface area contributed by atoms with Gasteiger partial charge in [-0.05, 0) is 57.3 Å². The van der Waals surface area contributed by atoms with Crippen LogP contribution in [0.1, 0.15) is 37.7 Å². The topological polar surface area (TPSA) is 51.2 Å². The summed E-state index contributed by atoms with van der Waals surface area (Å²) in [5, 5.41) is 3.39. The average molecular weight is 224 g/mol. The summed E-state index contributed by atoms with van der Waals surface area (Å²) in [7, 11) is 0. The zero-order valence-corrected chi connectivity index (χ0v) is 10.5. The Morgan fingerprint density at radius 3 is 2.81 bits per heavy atom. The minimum atomic E-state index is 0.748. The molecule has 3 nitrogen and oxygen atoms in total. The molecule has 1 atom stereocenters. The Kier molecular flexibility index (Phi) is 6.19. The van der Waals surface area contributed by atoms with Gasteiger partial charge in [-0.3, -0.25) is 0 Å². The number of hydrogen-bond donors (Lipinski definition) is 2. The summed E-state index contributed by atoms with van der Waals surface area (Å²) in [5.41, 5.74) is 5.51. The molecule has 1 heterocycles. The van der Waals surface area contributed by atoms with E-state index in [4.69, 9.17) is 10.2 Å². The van der Waals surface area contributed by atoms with E-state index >= 15 is 0 Å². The van der Waals surface area contributed by atoms with Crippen LogP contribution < -0.4 is 11.1 Å². The van der Waals surface area contributed by atoms with Crippen LogP contribution in [0.2, 0.25) is 0 Å². The summed E-state index contributed by atoms with van der Waals surface area (Å²) < 4.78 is 5.47. The van der Waals surface area contributed by atoms with E-state index in [1.54, 1.807) is 0 Å². The summed E-state index contributed by atoms with van der Waals surface area (Å²) in [6, 6.07) is 4.03. The van der Waals surface area contributed by atoms with Crippen LogP contribution in [0.4, 0.5) is 0 Å². The highest BCUT2D eigenvalue weighted by molar-refractivity contribution is 5.04. The van der Waals surface area contributed by atoms with Crippen molar-refractivity contribution >= 4 is 0 Å². The molecule has 1 unspecified atom stereocenters. The Hall–Kier alpha value is -0.800. The van der Waals surface area contributed by atoms with Crippen LogP contribution in [0.15, 0.2) is 16.5 Å². The van der Waals surface area contributed by atoms with Crippen LogP contribution in [-0.2, 0) is 6.54 Å². The van der Waals surface area contributed by atoms with Crippen molar-refractivity contribution in [2.75, 3.05) is 13.1 Å². The molecule has 0 fully saturated rings. The van der Waals surface area contributed by atoms with Crippen molar-refractivity contribution < 1.29 is 4.42 Å². The number of aryl methyl sites for hydroxylation is 1. The summed E-state index contributed by atoms with van der Waals surface area (Å²) in [4.78, 5) is 0. The third kappa shape index (κ3) is 5.33. The van der Waals surface area contributed by atoms with Crippen molar-refractivity contribution in [1.82, 2.24) is 5.32 Å². The quantitative estimate of drug-likeness (QED) is 0.667. The smallest absolute Gasteiger partial charge is 0.117 e. The molecule has 3 heteroatoms. The van der Waals surface area contributed by atoms with E-state index < -0.39 is 0 Å². The number of rotatable bonds is 8. The van der Waals surface area contributed by atoms with Gasteiger partial charge in [-0.15, -0.1) is 0 Å². The lowest BCUT2D eigenvalue weighted by Gasteiger charge is -2.09. The lowest BCUT2D eigenvalue weighted by atomic mass is 10.0. The van der Waals surface area contributed by atoms with Crippen molar-refractivity contribution in [3.63, 3.8) is 0 Å². The molecule has 0 saturated heterocycles. The number of furan rings is 1. The van der Waals surface area contributed by atoms with E-state index in [0.29, 0.717) is 0 Å². The molecule has 16 heavy (non-hydrogen) atoms. The second-order valence-corrected chi connectivity index (χ2v) is 4.51. The standard InChI is InChI=1S/C13H24N2O/c1-11(7-8-14)4-3-9-15-10-13-6-5-12(2)16-13/h5-6,11,15H,3-4,7-10,14H2,1-2H3. The van der Waals surface area contributed by atoms with Gasteiger partial charge in [0, 0.05) is 0 Å². The van der Waals surface area contributed by atoms with Gasteiger partial charge in [0.25, 0.3) is 0 Å². The van der Waals surface area contributed by atoms with Gasteiger partial charge in [0.05, 0.1) is 6.54 Å². The van der Waals surface area contributed by atoms with Crippen molar-refractivity contribution in [1.29, 1.82) is 0 Å². The monoisotopic (exact) mass is 224 g/mol. The minimum Gasteiger partial charge on any atom is -0.465 e. The maximum Gasteiger partial charge on any atom is 0.117 e. The van der Waals surface area contributed by atoms with Crippen LogP contribution in [0.5, 0.6) is 0 Å². The third-order valence-electron chi connectivity index (χ3n) is 2.81. The lowest BCUT2D eigenvalue weighted by Crippen LogP contribution is -2.15. The van der Waals surface area contributed by atoms with Gasteiger partial charge in [0.1, 0.15) is 11.5 Å². The van der Waals surface area contributed by atoms with Crippen molar-refractivity contribution in [2.45, 2.75) is 39.7 Å². The molecule has 1 rings (SSSR count). The predicted octanol–water partition coefficient (Wildman–Crippen LogP) is 2.44. The number of nitrogens with two attached hydrogens (primary N) is 1. The summed E-state index contributed by atoms with van der Waals surface area (Å²) >= 11 is 0. The summed E-state index contributed by atoms with van der Waals surface area (Å²) in [5.74, 6) is 2.75. The first-order chi connectivity index (χ1) is 7.72. The van der Waals surface area contributed by atoms with Crippen molar-refractivity contribution in [3.8, 4) is 0 Å². The van der Waals surface area contributed by atoms with Crippen LogP contribution in [-0.4, -0.2) is 13.1 Å². The molecule has 1 aromatic heterocycles. The molecule has 0 spiro atoms. The normalized spacial score (nSPS) is 12.9. The molecule has 0 radical (unpaired) electrons. The summed E-state index contributed by atoms with van der Waals surface area (Å²) in [6.07, 6.45) is 3.60. The van der Waals surface area contributed by atoms with Crippen LogP contribution in [0.3, 0.4) is 0 Å². The van der Waals surface area contributed by atoms with E-state index in [1.807, 2.05) is 19.1 Å². The fourth-order valence-electron chi connectivity index (χ4n) is 1.80. The molecule has 3 N–H and O–H groups in total. The first-order valence-electron chi connectivity index (χ1n) is 6.18. The van der Waals surface area contributed by atoms with E-state index in [0.717, 1.165) is 43.5 Å². The highest BCUT2D eigenvalue weighted by atomic mass is 16.3. The molecular weight excluding hydrogens is 200 g/mol. The van der Waals surface area contributed by atoms with Crippen molar-refractivity contribution in [3.05, 3.63) is 23.7 Å². The lowest BCUT2D eigenvalue weighted by molar-refractivity contribution is 0.441. The van der Waals surface area contributed by atoms with E-state index in [2.05, 4.69) is 12.2 Å². The first-order valence-corrected chi connectivity index (χ1v) is 6.18. The fourth-order valence-corrected chi connectivity index (χ4v) is 1.80. The molecule has 1 aromatic rings. The SMILES string of the molecule is Cc1ccc(CNCCCC(C)CCN)o1. The molecule has 0 aromatic carbocycles. The second-order valence-electron chi connectivity index (χ2n) is 4.51. The predicted molar refractivity (Wildman–Crippen MR) is 67.2 cm³/mol. The van der Waals surface area contributed by atoms with E-state index in [9.17, 15) is 0 Å². The summed E-state index contributed by atoms with van der Waals surface area (Å²) in [6.45, 7) is 6.93. The Bertz CT molecular complexity index is 283. The Balaban J connectivity index is 2.00. The van der Waals surface area contributed by atoms with Gasteiger partial charge < -0.3 is 15.5 Å². The minimum absolute atomic E-state index is 0.748. The maximum atomic E-state index is 5.51. The highest BCUT2D eigenvalue weighted by Gasteiger charge is 2.01. The Morgan fingerprint density at radius 1 is 1.38 bits per heavy atom. The van der Waals surface area contributed by atoms with Gasteiger partial charge in [0.2, 0.25) is 0 Å². The van der Waals surface area contributed by atoms with Crippen LogP contribution in [0, 0.1) is 12.8 Å². The van der Waals surface area contributed by atoms with Gasteiger partial charge in [0.15, 0.2) is 0 Å². The van der Waals surface area contributed by atoms with Gasteiger partial charge >= 0.3 is 0 Å². The van der Waals surface area contributed by atoms with Gasteiger partial charge in [-0.2, -0.15) is 0 Å². The molecule has 0 aliphatic carbocycles. The van der Waals surface area contributed by atoms with Crippen molar-refractivity contribution in [2.24, 2.45) is 11.7 Å². The number of hydrogen-bond acceptors (Lipinski definition) is 3. The Morgan fingerprint density at radius 2 is 2.19 bits per heavy atom. The number of nitrogens with one attached hydrogen (secondary N) is 1. The zero-order valence-electron chi connectivity index (χ0n) is 10.5. The van der Waals surface area contributed by atoms with Crippen LogP contribution in [0.25, 0.3) is 0 Å². The fraction of sp³-hybridized carbons (Fsp3) is 0.692. The molecule has 0 saturated carbocycles. The van der Waals surface area contributed by atoms with E-state index in [1.165, 1.54) is 12.8 Å². The Labute approximate surface area is 98.4 Å². The van der Waals surface area contributed by atoms with Gasteiger partial charge in [-0.1, -0.05) is 6.92 Å². The maximum absolute atomic E-state index is 5.51.